The molecule has 0 aliphatic carbocycles. The first-order chi connectivity index (χ1) is 15.9. The highest BCUT2D eigenvalue weighted by Crippen LogP contribution is 2.29. The van der Waals surface area contributed by atoms with Crippen molar-refractivity contribution in [3.8, 4) is 0 Å². The summed E-state index contributed by atoms with van der Waals surface area (Å²) in [6.45, 7) is 4.84. The predicted molar refractivity (Wildman–Crippen MR) is 132 cm³/mol. The standard InChI is InChI=1S/C23H23ClN6O2S/c1-15(2)12-29-14-25-22-26-16(11-21(31)30(22)29)13-33-20-10-6-5-9-19(20)28-23(32)27-18-8-4-3-7-17(18)24/h3-11,14-15H,12-13H2,1-2H3,(H2,27,28,32). The second-order valence-electron chi connectivity index (χ2n) is 7.80. The number of benzene rings is 2. The highest BCUT2D eigenvalue weighted by molar-refractivity contribution is 7.98. The van der Waals surface area contributed by atoms with Crippen molar-refractivity contribution in [2.45, 2.75) is 31.0 Å². The van der Waals surface area contributed by atoms with Gasteiger partial charge in [0.1, 0.15) is 6.33 Å². The third-order valence-electron chi connectivity index (χ3n) is 4.68. The largest absolute Gasteiger partial charge is 0.323 e. The first-order valence-electron chi connectivity index (χ1n) is 10.4. The van der Waals surface area contributed by atoms with Gasteiger partial charge in [0.25, 0.3) is 11.3 Å². The minimum absolute atomic E-state index is 0.167. The summed E-state index contributed by atoms with van der Waals surface area (Å²) in [4.78, 5) is 34.8. The molecule has 0 spiro atoms. The van der Waals surface area contributed by atoms with Crippen LogP contribution in [0.2, 0.25) is 5.02 Å². The van der Waals surface area contributed by atoms with Gasteiger partial charge in [-0.15, -0.1) is 11.8 Å². The molecule has 8 nitrogen and oxygen atoms in total. The molecule has 10 heteroatoms. The van der Waals surface area contributed by atoms with Gasteiger partial charge >= 0.3 is 6.03 Å². The number of carbonyl (C=O) groups excluding carboxylic acids is 1. The van der Waals surface area contributed by atoms with Crippen LogP contribution in [-0.2, 0) is 12.3 Å². The van der Waals surface area contributed by atoms with E-state index >= 15 is 0 Å². The maximum Gasteiger partial charge on any atom is 0.323 e. The van der Waals surface area contributed by atoms with Crippen LogP contribution in [0.5, 0.6) is 0 Å². The second kappa shape index (κ2) is 10.1. The van der Waals surface area contributed by atoms with Crippen molar-refractivity contribution in [1.82, 2.24) is 19.2 Å². The van der Waals surface area contributed by atoms with Crippen molar-refractivity contribution in [1.29, 1.82) is 0 Å². The molecule has 33 heavy (non-hydrogen) atoms. The molecular formula is C23H23ClN6O2S. The first kappa shape index (κ1) is 22.9. The average Bonchev–Trinajstić information content (AvgIpc) is 3.17. The lowest BCUT2D eigenvalue weighted by molar-refractivity contribution is 0.262. The molecule has 0 aliphatic rings. The van der Waals surface area contributed by atoms with Crippen LogP contribution in [0.15, 0.2) is 70.6 Å². The number of anilines is 2. The summed E-state index contributed by atoms with van der Waals surface area (Å²) in [6.07, 6.45) is 1.64. The zero-order valence-corrected chi connectivity index (χ0v) is 19.7. The number of hydrogen-bond donors (Lipinski definition) is 2. The van der Waals surface area contributed by atoms with Gasteiger partial charge in [0.2, 0.25) is 0 Å². The van der Waals surface area contributed by atoms with Crippen molar-refractivity contribution in [2.75, 3.05) is 10.6 Å². The number of thioether (sulfide) groups is 1. The molecule has 2 amide bonds. The topological polar surface area (TPSA) is 93.3 Å². The molecule has 0 saturated heterocycles. The van der Waals surface area contributed by atoms with E-state index in [2.05, 4.69) is 34.4 Å². The maximum atomic E-state index is 12.7. The fourth-order valence-corrected chi connectivity index (χ4v) is 4.35. The summed E-state index contributed by atoms with van der Waals surface area (Å²) in [5.74, 6) is 1.21. The third kappa shape index (κ3) is 5.55. The zero-order valence-electron chi connectivity index (χ0n) is 18.2. The lowest BCUT2D eigenvalue weighted by Crippen LogP contribution is -2.22. The minimum atomic E-state index is -0.398. The Hall–Kier alpha value is -3.30. The summed E-state index contributed by atoms with van der Waals surface area (Å²) in [5, 5.41) is 6.06. The van der Waals surface area contributed by atoms with Crippen molar-refractivity contribution in [3.05, 3.63) is 82.0 Å². The number of aromatic nitrogens is 4. The van der Waals surface area contributed by atoms with E-state index in [1.807, 2.05) is 24.3 Å². The predicted octanol–water partition coefficient (Wildman–Crippen LogP) is 5.14. The van der Waals surface area contributed by atoms with Crippen LogP contribution in [0.1, 0.15) is 19.5 Å². The third-order valence-corrected chi connectivity index (χ3v) is 6.12. The summed E-state index contributed by atoms with van der Waals surface area (Å²) in [6, 6.07) is 15.6. The number of carbonyl (C=O) groups is 1. The molecule has 2 heterocycles. The van der Waals surface area contributed by atoms with Crippen LogP contribution in [0.25, 0.3) is 5.78 Å². The Bertz CT molecular complexity index is 1350. The van der Waals surface area contributed by atoms with Crippen LogP contribution >= 0.6 is 23.4 Å². The molecule has 4 aromatic rings. The van der Waals surface area contributed by atoms with E-state index in [9.17, 15) is 9.59 Å². The number of halogens is 1. The fourth-order valence-electron chi connectivity index (χ4n) is 3.27. The van der Waals surface area contributed by atoms with E-state index in [0.717, 1.165) is 4.90 Å². The molecule has 0 saturated carbocycles. The lowest BCUT2D eigenvalue weighted by atomic mass is 10.2. The van der Waals surface area contributed by atoms with E-state index in [-0.39, 0.29) is 5.56 Å². The van der Waals surface area contributed by atoms with Gasteiger partial charge in [-0.05, 0) is 30.2 Å². The van der Waals surface area contributed by atoms with Gasteiger partial charge in [0.05, 0.1) is 22.1 Å². The van der Waals surface area contributed by atoms with Crippen LogP contribution in [-0.4, -0.2) is 25.2 Å². The molecule has 4 rings (SSSR count). The molecule has 0 radical (unpaired) electrons. The van der Waals surface area contributed by atoms with Crippen molar-refractivity contribution >= 4 is 46.5 Å². The molecule has 170 valence electrons. The Morgan fingerprint density at radius 3 is 2.55 bits per heavy atom. The van der Waals surface area contributed by atoms with Gasteiger partial charge < -0.3 is 10.6 Å². The minimum Gasteiger partial charge on any atom is -0.307 e. The second-order valence-corrected chi connectivity index (χ2v) is 9.23. The van der Waals surface area contributed by atoms with Gasteiger partial charge in [-0.2, -0.15) is 9.50 Å². The summed E-state index contributed by atoms with van der Waals surface area (Å²) >= 11 is 7.59. The Morgan fingerprint density at radius 2 is 1.79 bits per heavy atom. The number of fused-ring (bicyclic) bond motifs is 1. The van der Waals surface area contributed by atoms with Gasteiger partial charge in [-0.25, -0.2) is 9.78 Å². The van der Waals surface area contributed by atoms with Gasteiger partial charge in [0, 0.05) is 23.3 Å². The number of rotatable bonds is 7. The van der Waals surface area contributed by atoms with E-state index in [1.54, 1.807) is 35.3 Å². The number of nitrogens with one attached hydrogen (secondary N) is 2. The molecule has 0 unspecified atom stereocenters. The Balaban J connectivity index is 1.47. The van der Waals surface area contributed by atoms with Crippen molar-refractivity contribution in [2.24, 2.45) is 5.92 Å². The Kier molecular flexibility index (Phi) is 7.00. The van der Waals surface area contributed by atoms with Crippen LogP contribution in [0.4, 0.5) is 16.2 Å². The zero-order chi connectivity index (χ0) is 23.4. The van der Waals surface area contributed by atoms with Crippen LogP contribution in [0.3, 0.4) is 0 Å². The van der Waals surface area contributed by atoms with Crippen LogP contribution in [0, 0.1) is 5.92 Å². The molecule has 0 bridgehead atoms. The average molecular weight is 483 g/mol. The Labute approximate surface area is 200 Å². The van der Waals surface area contributed by atoms with Gasteiger partial charge in [0.15, 0.2) is 0 Å². The van der Waals surface area contributed by atoms with E-state index in [1.165, 1.54) is 22.3 Å². The van der Waals surface area contributed by atoms with E-state index in [4.69, 9.17) is 11.6 Å². The summed E-state index contributed by atoms with van der Waals surface area (Å²) in [5.41, 5.74) is 1.62. The lowest BCUT2D eigenvalue weighted by Gasteiger charge is -2.12. The smallest absolute Gasteiger partial charge is 0.307 e. The van der Waals surface area contributed by atoms with Gasteiger partial charge in [-0.3, -0.25) is 9.48 Å². The van der Waals surface area contributed by atoms with Crippen molar-refractivity contribution < 1.29 is 4.79 Å². The van der Waals surface area contributed by atoms with E-state index in [0.29, 0.717) is 46.1 Å². The highest BCUT2D eigenvalue weighted by atomic mass is 35.5. The molecule has 0 fully saturated rings. The molecule has 0 atom stereocenters. The fraction of sp³-hybridized carbons (Fsp3) is 0.217. The maximum absolute atomic E-state index is 12.7. The molecule has 2 aromatic carbocycles. The number of amides is 2. The molecule has 0 aliphatic heterocycles. The number of hydrogen-bond acceptors (Lipinski definition) is 5. The molecule has 2 aromatic heterocycles. The monoisotopic (exact) mass is 482 g/mol. The highest BCUT2D eigenvalue weighted by Gasteiger charge is 2.12. The van der Waals surface area contributed by atoms with E-state index < -0.39 is 6.03 Å². The normalized spacial score (nSPS) is 11.2. The number of nitrogens with zero attached hydrogens (tertiary/aromatic N) is 4. The number of urea groups is 1. The Morgan fingerprint density at radius 1 is 1.09 bits per heavy atom. The quantitative estimate of drug-likeness (QED) is 0.356. The van der Waals surface area contributed by atoms with Crippen molar-refractivity contribution in [3.63, 3.8) is 0 Å². The molecule has 2 N–H and O–H groups in total. The number of para-hydroxylation sites is 2. The van der Waals surface area contributed by atoms with Crippen LogP contribution < -0.4 is 16.2 Å². The molecular weight excluding hydrogens is 460 g/mol. The summed E-state index contributed by atoms with van der Waals surface area (Å²) in [7, 11) is 0. The van der Waals surface area contributed by atoms with Gasteiger partial charge in [-0.1, -0.05) is 49.7 Å². The summed E-state index contributed by atoms with van der Waals surface area (Å²) < 4.78 is 3.27. The first-order valence-corrected chi connectivity index (χ1v) is 11.8. The SMILES string of the molecule is CC(C)Cn1cnc2nc(CSc3ccccc3NC(=O)Nc3ccccc3Cl)cc(=O)n21.